The first-order chi connectivity index (χ1) is 16.0. The summed E-state index contributed by atoms with van der Waals surface area (Å²) in [5.74, 6) is 2.01. The van der Waals surface area contributed by atoms with Crippen LogP contribution in [0.25, 0.3) is 10.9 Å². The van der Waals surface area contributed by atoms with Gasteiger partial charge in [0.15, 0.2) is 0 Å². The number of nitrogens with one attached hydrogen (secondary N) is 1. The van der Waals surface area contributed by atoms with E-state index < -0.39 is 0 Å². The molecular formula is C26H32ClN3O3. The van der Waals surface area contributed by atoms with Crippen molar-refractivity contribution in [3.63, 3.8) is 0 Å². The van der Waals surface area contributed by atoms with Crippen molar-refractivity contribution < 1.29 is 13.9 Å². The molecule has 0 bridgehead atoms. The van der Waals surface area contributed by atoms with Gasteiger partial charge in [0.25, 0.3) is 0 Å². The highest BCUT2D eigenvalue weighted by Crippen LogP contribution is 2.27. The van der Waals surface area contributed by atoms with E-state index in [0.717, 1.165) is 66.1 Å². The number of hydrogen-bond acceptors (Lipinski definition) is 5. The van der Waals surface area contributed by atoms with E-state index in [9.17, 15) is 4.79 Å². The lowest BCUT2D eigenvalue weighted by Gasteiger charge is -2.33. The maximum Gasteiger partial charge on any atom is 0.407 e. The second-order valence-corrected chi connectivity index (χ2v) is 9.67. The molecule has 1 amide bonds. The summed E-state index contributed by atoms with van der Waals surface area (Å²) >= 11 is 6.08. The molecule has 1 saturated heterocycles. The summed E-state index contributed by atoms with van der Waals surface area (Å²) in [5, 5.41) is 4.72. The number of carbonyl (C=O) groups is 1. The second-order valence-electron chi connectivity index (χ2n) is 9.23. The Morgan fingerprint density at radius 3 is 2.79 bits per heavy atom. The summed E-state index contributed by atoms with van der Waals surface area (Å²) in [7, 11) is 0. The van der Waals surface area contributed by atoms with E-state index in [-0.39, 0.29) is 12.2 Å². The van der Waals surface area contributed by atoms with E-state index >= 15 is 0 Å². The number of benzene rings is 1. The topological polar surface area (TPSA) is 67.6 Å². The first-order valence-electron chi connectivity index (χ1n) is 11.8. The third-order valence-electron chi connectivity index (χ3n) is 6.25. The van der Waals surface area contributed by atoms with Crippen molar-refractivity contribution in [3.05, 3.63) is 59.5 Å². The Balaban J connectivity index is 1.21. The van der Waals surface area contributed by atoms with Crippen molar-refractivity contribution in [1.29, 1.82) is 0 Å². The van der Waals surface area contributed by atoms with Crippen LogP contribution in [0.4, 0.5) is 10.6 Å². The van der Waals surface area contributed by atoms with Gasteiger partial charge in [-0.15, -0.1) is 0 Å². The molecule has 3 heterocycles. The standard InChI is InChI=1S/C26H32ClN3O3/c1-18(2)15-24(21-10-14-32-17-21)33-26(31)28-11-7-19-8-12-30(13-9-19)25-6-3-20-16-22(27)4-5-23(20)29-25/h3-6,10,14,16-19,24H,7-9,11-13,15H2,1-2H3,(H,28,31). The summed E-state index contributed by atoms with van der Waals surface area (Å²) < 4.78 is 10.8. The minimum atomic E-state index is -0.361. The van der Waals surface area contributed by atoms with E-state index in [1.54, 1.807) is 12.5 Å². The number of rotatable bonds is 8. The van der Waals surface area contributed by atoms with Gasteiger partial charge in [-0.2, -0.15) is 0 Å². The van der Waals surface area contributed by atoms with Crippen molar-refractivity contribution in [1.82, 2.24) is 10.3 Å². The molecule has 33 heavy (non-hydrogen) atoms. The third-order valence-corrected chi connectivity index (χ3v) is 6.48. The highest BCUT2D eigenvalue weighted by Gasteiger charge is 2.22. The third kappa shape index (κ3) is 6.41. The number of pyridine rings is 1. The van der Waals surface area contributed by atoms with Crippen LogP contribution >= 0.6 is 11.6 Å². The first-order valence-corrected chi connectivity index (χ1v) is 12.1. The Morgan fingerprint density at radius 1 is 1.24 bits per heavy atom. The lowest BCUT2D eigenvalue weighted by molar-refractivity contribution is 0.0844. The van der Waals surface area contributed by atoms with Crippen LogP contribution in [0.5, 0.6) is 0 Å². The molecule has 7 heteroatoms. The number of carbonyl (C=O) groups excluding carboxylic acids is 1. The zero-order valence-corrected chi connectivity index (χ0v) is 20.1. The Morgan fingerprint density at radius 2 is 2.06 bits per heavy atom. The average molecular weight is 470 g/mol. The number of piperidine rings is 1. The number of nitrogens with zero attached hydrogens (tertiary/aromatic N) is 2. The Kier molecular flexibility index (Phi) is 7.76. The molecule has 1 N–H and O–H groups in total. The van der Waals surface area contributed by atoms with Gasteiger partial charge in [-0.1, -0.05) is 25.4 Å². The van der Waals surface area contributed by atoms with Gasteiger partial charge in [0, 0.05) is 35.6 Å². The van der Waals surface area contributed by atoms with Crippen LogP contribution in [-0.4, -0.2) is 30.7 Å². The molecule has 3 aromatic rings. The predicted octanol–water partition coefficient (Wildman–Crippen LogP) is 6.60. The monoisotopic (exact) mass is 469 g/mol. The molecule has 6 nitrogen and oxygen atoms in total. The molecule has 0 saturated carbocycles. The zero-order chi connectivity index (χ0) is 23.2. The lowest BCUT2D eigenvalue weighted by Crippen LogP contribution is -2.36. The highest BCUT2D eigenvalue weighted by atomic mass is 35.5. The fourth-order valence-corrected chi connectivity index (χ4v) is 4.58. The molecule has 1 aliphatic rings. The number of halogens is 1. The molecule has 4 rings (SSSR count). The van der Waals surface area contributed by atoms with Crippen molar-refractivity contribution in [3.8, 4) is 0 Å². The fraction of sp³-hybridized carbons (Fsp3) is 0.462. The van der Waals surface area contributed by atoms with Crippen LogP contribution in [0.15, 0.2) is 53.3 Å². The van der Waals surface area contributed by atoms with Crippen LogP contribution in [0.2, 0.25) is 5.02 Å². The number of furan rings is 1. The van der Waals surface area contributed by atoms with Crippen LogP contribution in [0.1, 0.15) is 51.2 Å². The minimum Gasteiger partial charge on any atom is -0.472 e. The minimum absolute atomic E-state index is 0.280. The van der Waals surface area contributed by atoms with E-state index in [0.29, 0.717) is 18.4 Å². The zero-order valence-electron chi connectivity index (χ0n) is 19.3. The van der Waals surface area contributed by atoms with Crippen LogP contribution in [0, 0.1) is 11.8 Å². The maximum atomic E-state index is 12.3. The quantitative estimate of drug-likeness (QED) is 0.402. The normalized spacial score (nSPS) is 15.7. The van der Waals surface area contributed by atoms with Crippen molar-refractivity contribution in [2.24, 2.45) is 11.8 Å². The van der Waals surface area contributed by atoms with Crippen molar-refractivity contribution in [2.75, 3.05) is 24.5 Å². The van der Waals surface area contributed by atoms with Crippen molar-refractivity contribution in [2.45, 2.75) is 45.6 Å². The Hall–Kier alpha value is -2.73. The van der Waals surface area contributed by atoms with E-state index in [1.165, 1.54) is 0 Å². The summed E-state index contributed by atoms with van der Waals surface area (Å²) in [6, 6.07) is 11.8. The molecular weight excluding hydrogens is 438 g/mol. The number of aromatic nitrogens is 1. The van der Waals surface area contributed by atoms with E-state index in [4.69, 9.17) is 25.7 Å². The summed E-state index contributed by atoms with van der Waals surface area (Å²) in [6.45, 7) is 6.79. The molecule has 1 unspecified atom stereocenters. The maximum absolute atomic E-state index is 12.3. The molecule has 1 aromatic carbocycles. The van der Waals surface area contributed by atoms with E-state index in [1.807, 2.05) is 24.3 Å². The largest absolute Gasteiger partial charge is 0.472 e. The summed E-state index contributed by atoms with van der Waals surface area (Å²) in [4.78, 5) is 19.5. The molecule has 176 valence electrons. The Bertz CT molecular complexity index is 1050. The Labute approximate surface area is 200 Å². The average Bonchev–Trinajstić information content (AvgIpc) is 3.33. The number of ether oxygens (including phenoxy) is 1. The highest BCUT2D eigenvalue weighted by molar-refractivity contribution is 6.31. The number of anilines is 1. The number of alkyl carbamates (subject to hydrolysis) is 1. The molecule has 0 spiro atoms. The first kappa shape index (κ1) is 23.4. The van der Waals surface area contributed by atoms with Crippen LogP contribution < -0.4 is 10.2 Å². The van der Waals surface area contributed by atoms with Gasteiger partial charge in [0.1, 0.15) is 11.9 Å². The van der Waals surface area contributed by atoms with Crippen LogP contribution in [-0.2, 0) is 4.74 Å². The molecule has 2 aromatic heterocycles. The smallest absolute Gasteiger partial charge is 0.407 e. The summed E-state index contributed by atoms with van der Waals surface area (Å²) in [6.07, 6.45) is 6.50. The van der Waals surface area contributed by atoms with Crippen molar-refractivity contribution >= 4 is 34.4 Å². The predicted molar refractivity (Wildman–Crippen MR) is 132 cm³/mol. The van der Waals surface area contributed by atoms with Gasteiger partial charge in [-0.05, 0) is 73.9 Å². The number of amides is 1. The number of fused-ring (bicyclic) bond motifs is 1. The van der Waals surface area contributed by atoms with Gasteiger partial charge in [0.2, 0.25) is 0 Å². The van der Waals surface area contributed by atoms with Gasteiger partial charge in [0.05, 0.1) is 18.0 Å². The lowest BCUT2D eigenvalue weighted by atomic mass is 9.93. The van der Waals surface area contributed by atoms with Gasteiger partial charge >= 0.3 is 6.09 Å². The molecule has 1 fully saturated rings. The van der Waals surface area contributed by atoms with Crippen LogP contribution in [0.3, 0.4) is 0 Å². The molecule has 0 radical (unpaired) electrons. The van der Waals surface area contributed by atoms with E-state index in [2.05, 4.69) is 36.2 Å². The van der Waals surface area contributed by atoms with Gasteiger partial charge in [-0.3, -0.25) is 0 Å². The van der Waals surface area contributed by atoms with Gasteiger partial charge < -0.3 is 19.4 Å². The molecule has 1 aliphatic heterocycles. The second kappa shape index (κ2) is 10.9. The SMILES string of the molecule is CC(C)CC(OC(=O)NCCC1CCN(c2ccc3cc(Cl)ccc3n2)CC1)c1ccoc1. The molecule has 1 atom stereocenters. The summed E-state index contributed by atoms with van der Waals surface area (Å²) in [5.41, 5.74) is 1.87. The fourth-order valence-electron chi connectivity index (χ4n) is 4.40. The molecule has 0 aliphatic carbocycles. The van der Waals surface area contributed by atoms with Gasteiger partial charge in [-0.25, -0.2) is 9.78 Å². The number of hydrogen-bond donors (Lipinski definition) is 1.